The standard InChI is InChI=1S/C14H22N2OS/c1-10(2)14(17)16-8-7-15-13(11-5-6-11)12-4-3-9-18-12/h3-4,9-11,13,15H,5-8H2,1-2H3,(H,16,17). The molecular weight excluding hydrogens is 244 g/mol. The number of amides is 1. The summed E-state index contributed by atoms with van der Waals surface area (Å²) in [4.78, 5) is 12.8. The minimum absolute atomic E-state index is 0.0709. The Labute approximate surface area is 113 Å². The molecule has 0 aromatic carbocycles. The van der Waals surface area contributed by atoms with Gasteiger partial charge in [-0.1, -0.05) is 19.9 Å². The third kappa shape index (κ3) is 3.82. The third-order valence-corrected chi connectivity index (χ3v) is 4.21. The van der Waals surface area contributed by atoms with Crippen molar-refractivity contribution in [1.82, 2.24) is 10.6 Å². The zero-order chi connectivity index (χ0) is 13.0. The molecule has 3 nitrogen and oxygen atoms in total. The molecule has 2 N–H and O–H groups in total. The number of thiophene rings is 1. The topological polar surface area (TPSA) is 41.1 Å². The molecule has 0 bridgehead atoms. The summed E-state index contributed by atoms with van der Waals surface area (Å²) in [7, 11) is 0. The van der Waals surface area contributed by atoms with Crippen LogP contribution in [-0.4, -0.2) is 19.0 Å². The first kappa shape index (κ1) is 13.6. The lowest BCUT2D eigenvalue weighted by Gasteiger charge is -2.17. The summed E-state index contributed by atoms with van der Waals surface area (Å²) in [6, 6.07) is 4.80. The van der Waals surface area contributed by atoms with E-state index in [9.17, 15) is 4.79 Å². The summed E-state index contributed by atoms with van der Waals surface area (Å²) >= 11 is 1.82. The van der Waals surface area contributed by atoms with Crippen LogP contribution in [0.4, 0.5) is 0 Å². The highest BCUT2D eigenvalue weighted by Gasteiger charge is 2.32. The van der Waals surface area contributed by atoms with Crippen molar-refractivity contribution in [2.45, 2.75) is 32.7 Å². The van der Waals surface area contributed by atoms with Gasteiger partial charge in [0.25, 0.3) is 0 Å². The summed E-state index contributed by atoms with van der Waals surface area (Å²) in [5.74, 6) is 1.00. The molecule has 0 spiro atoms. The molecule has 1 aromatic rings. The molecule has 0 aliphatic heterocycles. The zero-order valence-electron chi connectivity index (χ0n) is 11.1. The monoisotopic (exact) mass is 266 g/mol. The van der Waals surface area contributed by atoms with Gasteiger partial charge in [0, 0.05) is 29.9 Å². The van der Waals surface area contributed by atoms with E-state index in [4.69, 9.17) is 0 Å². The number of carbonyl (C=O) groups excluding carboxylic acids is 1. The van der Waals surface area contributed by atoms with Crippen LogP contribution in [0.1, 0.15) is 37.6 Å². The lowest BCUT2D eigenvalue weighted by Crippen LogP contribution is -2.35. The van der Waals surface area contributed by atoms with Crippen LogP contribution in [-0.2, 0) is 4.79 Å². The van der Waals surface area contributed by atoms with Crippen LogP contribution in [0.2, 0.25) is 0 Å². The summed E-state index contributed by atoms with van der Waals surface area (Å²) in [5.41, 5.74) is 0. The Balaban J connectivity index is 1.72. The van der Waals surface area contributed by atoms with Crippen molar-refractivity contribution in [2.75, 3.05) is 13.1 Å². The Hall–Kier alpha value is -0.870. The fourth-order valence-corrected chi connectivity index (χ4v) is 2.91. The summed E-state index contributed by atoms with van der Waals surface area (Å²) in [6.07, 6.45) is 2.65. The molecule has 1 unspecified atom stereocenters. The van der Waals surface area contributed by atoms with Gasteiger partial charge >= 0.3 is 0 Å². The van der Waals surface area contributed by atoms with E-state index < -0.39 is 0 Å². The van der Waals surface area contributed by atoms with Gasteiger partial charge in [-0.15, -0.1) is 11.3 Å². The number of nitrogens with one attached hydrogen (secondary N) is 2. The van der Waals surface area contributed by atoms with E-state index in [1.54, 1.807) is 0 Å². The van der Waals surface area contributed by atoms with Crippen molar-refractivity contribution in [1.29, 1.82) is 0 Å². The lowest BCUT2D eigenvalue weighted by molar-refractivity contribution is -0.123. The second kappa shape index (κ2) is 6.34. The Morgan fingerprint density at radius 2 is 2.22 bits per heavy atom. The maximum Gasteiger partial charge on any atom is 0.222 e. The van der Waals surface area contributed by atoms with Gasteiger partial charge in [0.15, 0.2) is 0 Å². The number of rotatable bonds is 7. The van der Waals surface area contributed by atoms with Gasteiger partial charge in [0.05, 0.1) is 0 Å². The van der Waals surface area contributed by atoms with Gasteiger partial charge < -0.3 is 10.6 Å². The molecule has 4 heteroatoms. The Bertz CT molecular complexity index is 371. The number of carbonyl (C=O) groups is 1. The maximum atomic E-state index is 11.4. The Kier molecular flexibility index (Phi) is 4.78. The predicted molar refractivity (Wildman–Crippen MR) is 75.6 cm³/mol. The minimum atomic E-state index is 0.0709. The van der Waals surface area contributed by atoms with Crippen molar-refractivity contribution < 1.29 is 4.79 Å². The van der Waals surface area contributed by atoms with Crippen LogP contribution >= 0.6 is 11.3 Å². The van der Waals surface area contributed by atoms with Gasteiger partial charge in [-0.2, -0.15) is 0 Å². The van der Waals surface area contributed by atoms with Gasteiger partial charge in [-0.3, -0.25) is 4.79 Å². The van der Waals surface area contributed by atoms with Crippen molar-refractivity contribution in [2.24, 2.45) is 11.8 Å². The second-order valence-corrected chi connectivity index (χ2v) is 6.21. The van der Waals surface area contributed by atoms with Crippen LogP contribution in [0.15, 0.2) is 17.5 Å². The quantitative estimate of drug-likeness (QED) is 0.745. The average Bonchev–Trinajstić information content (AvgIpc) is 3.03. The molecule has 1 atom stereocenters. The second-order valence-electron chi connectivity index (χ2n) is 5.23. The van der Waals surface area contributed by atoms with Gasteiger partial charge in [0.2, 0.25) is 5.91 Å². The smallest absolute Gasteiger partial charge is 0.222 e. The van der Waals surface area contributed by atoms with E-state index in [1.165, 1.54) is 17.7 Å². The molecule has 100 valence electrons. The summed E-state index contributed by atoms with van der Waals surface area (Å²) in [5, 5.41) is 8.65. The van der Waals surface area contributed by atoms with Crippen molar-refractivity contribution >= 4 is 17.2 Å². The zero-order valence-corrected chi connectivity index (χ0v) is 11.9. The van der Waals surface area contributed by atoms with E-state index in [2.05, 4.69) is 28.1 Å². The Morgan fingerprint density at radius 1 is 1.44 bits per heavy atom. The predicted octanol–water partition coefficient (Wildman–Crippen LogP) is 2.56. The average molecular weight is 266 g/mol. The lowest BCUT2D eigenvalue weighted by atomic mass is 10.1. The van der Waals surface area contributed by atoms with Crippen LogP contribution < -0.4 is 10.6 Å². The highest BCUT2D eigenvalue weighted by atomic mass is 32.1. The first-order chi connectivity index (χ1) is 8.68. The molecule has 1 amide bonds. The normalized spacial score (nSPS) is 16.8. The van der Waals surface area contributed by atoms with Gasteiger partial charge in [-0.05, 0) is 30.2 Å². The van der Waals surface area contributed by atoms with Crippen molar-refractivity contribution in [3.63, 3.8) is 0 Å². The van der Waals surface area contributed by atoms with E-state index in [-0.39, 0.29) is 11.8 Å². The molecule has 2 rings (SSSR count). The van der Waals surface area contributed by atoms with E-state index >= 15 is 0 Å². The molecule has 18 heavy (non-hydrogen) atoms. The maximum absolute atomic E-state index is 11.4. The van der Waals surface area contributed by atoms with Crippen LogP contribution in [0.25, 0.3) is 0 Å². The van der Waals surface area contributed by atoms with Gasteiger partial charge in [0.1, 0.15) is 0 Å². The fraction of sp³-hybridized carbons (Fsp3) is 0.643. The van der Waals surface area contributed by atoms with Crippen LogP contribution in [0.5, 0.6) is 0 Å². The molecular formula is C14H22N2OS. The highest BCUT2D eigenvalue weighted by Crippen LogP contribution is 2.42. The van der Waals surface area contributed by atoms with Gasteiger partial charge in [-0.25, -0.2) is 0 Å². The van der Waals surface area contributed by atoms with E-state index in [0.717, 1.165) is 12.5 Å². The fourth-order valence-electron chi connectivity index (χ4n) is 2.01. The minimum Gasteiger partial charge on any atom is -0.355 e. The Morgan fingerprint density at radius 3 is 2.78 bits per heavy atom. The molecule has 1 aromatic heterocycles. The van der Waals surface area contributed by atoms with Crippen LogP contribution in [0.3, 0.4) is 0 Å². The summed E-state index contributed by atoms with van der Waals surface area (Å²) in [6.45, 7) is 5.39. The number of hydrogen-bond acceptors (Lipinski definition) is 3. The van der Waals surface area contributed by atoms with E-state index in [0.29, 0.717) is 12.6 Å². The largest absolute Gasteiger partial charge is 0.355 e. The molecule has 1 saturated carbocycles. The third-order valence-electron chi connectivity index (χ3n) is 3.26. The van der Waals surface area contributed by atoms with Crippen molar-refractivity contribution in [3.05, 3.63) is 22.4 Å². The molecule has 1 aliphatic carbocycles. The molecule has 1 heterocycles. The van der Waals surface area contributed by atoms with E-state index in [1.807, 2.05) is 25.2 Å². The van der Waals surface area contributed by atoms with Crippen molar-refractivity contribution in [3.8, 4) is 0 Å². The summed E-state index contributed by atoms with van der Waals surface area (Å²) < 4.78 is 0. The molecule has 0 radical (unpaired) electrons. The first-order valence-corrected chi connectivity index (χ1v) is 7.61. The SMILES string of the molecule is CC(C)C(=O)NCCNC(c1cccs1)C1CC1. The highest BCUT2D eigenvalue weighted by molar-refractivity contribution is 7.10. The molecule has 0 saturated heterocycles. The van der Waals surface area contributed by atoms with Crippen LogP contribution in [0, 0.1) is 11.8 Å². The molecule has 1 fully saturated rings. The number of hydrogen-bond donors (Lipinski definition) is 2. The molecule has 1 aliphatic rings. The first-order valence-electron chi connectivity index (χ1n) is 6.73.